The van der Waals surface area contributed by atoms with E-state index in [1.807, 2.05) is 49.2 Å². The summed E-state index contributed by atoms with van der Waals surface area (Å²) in [5.74, 6) is 0.838. The van der Waals surface area contributed by atoms with Crippen LogP contribution in [0.25, 0.3) is 10.8 Å². The zero-order chi connectivity index (χ0) is 43.0. The number of nitrogens with zero attached hydrogens (tertiary/aromatic N) is 2. The molecule has 3 aromatic carbocycles. The zero-order valence-electron chi connectivity index (χ0n) is 37.2. The van der Waals surface area contributed by atoms with Crippen LogP contribution in [0.1, 0.15) is 134 Å². The lowest BCUT2D eigenvalue weighted by Gasteiger charge is -2.59. The summed E-state index contributed by atoms with van der Waals surface area (Å²) in [6, 6.07) is 20.0. The number of rotatable bonds is 26. The van der Waals surface area contributed by atoms with Crippen LogP contribution in [-0.2, 0) is 14.4 Å². The Morgan fingerprint density at radius 3 is 2.28 bits per heavy atom. The third-order valence-corrected chi connectivity index (χ3v) is 13.3. The minimum Gasteiger partial charge on any atom is -0.459 e. The molecule has 6 rings (SSSR count). The molecule has 0 saturated heterocycles. The van der Waals surface area contributed by atoms with E-state index in [1.165, 1.54) is 38.5 Å². The smallest absolute Gasteiger partial charge is 0.239 e. The van der Waals surface area contributed by atoms with Crippen LogP contribution in [0.2, 0.25) is 0 Å². The molecule has 3 aromatic rings. The maximum atomic E-state index is 14.3. The van der Waals surface area contributed by atoms with Crippen LogP contribution in [-0.4, -0.2) is 72.0 Å². The number of fused-ring (bicyclic) bond motifs is 3. The second-order valence-corrected chi connectivity index (χ2v) is 17.4. The molecule has 1 heterocycles. The van der Waals surface area contributed by atoms with Gasteiger partial charge >= 0.3 is 0 Å². The molecule has 9 nitrogen and oxygen atoms in total. The third-order valence-electron chi connectivity index (χ3n) is 13.3. The molecular weight excluding hydrogens is 765 g/mol. The van der Waals surface area contributed by atoms with Crippen LogP contribution < -0.4 is 9.47 Å². The standard InChI is InChI=1S/C52H72N2O7/c1-5-8-9-10-11-12-13-14-15-26-49(57)54(4)48-37-46(53-59-7-3)44-35-40(24-18-20-31-55)43(25-19-21-32-56)50-45-36-42(60-41-28-27-38-22-16-17-23-39(38)34-41)29-30-47(45)61-52(48,51(44)50)58-33-6-2/h6,16-17,22-23,27-30,34-36,40,43,48,50-51,55-56H,2,5,7-15,18-21,24-26,31-33,37H2,1,3-4H3/t40-,43+,48-,50+,51+,52+/m0/s1. The molecule has 1 saturated carbocycles. The van der Waals surface area contributed by atoms with E-state index in [-0.39, 0.29) is 49.4 Å². The van der Waals surface area contributed by atoms with Crippen molar-refractivity contribution in [1.29, 1.82) is 0 Å². The van der Waals surface area contributed by atoms with Crippen molar-refractivity contribution in [3.63, 3.8) is 0 Å². The molecule has 332 valence electrons. The van der Waals surface area contributed by atoms with Crippen LogP contribution in [0.15, 0.2) is 90.1 Å². The molecule has 0 unspecified atom stereocenters. The van der Waals surface area contributed by atoms with E-state index >= 15 is 0 Å². The number of allylic oxidation sites excluding steroid dienone is 1. The first-order valence-electron chi connectivity index (χ1n) is 23.5. The molecule has 1 amide bonds. The molecule has 6 atom stereocenters. The van der Waals surface area contributed by atoms with E-state index < -0.39 is 11.8 Å². The number of aliphatic hydroxyl groups excluding tert-OH is 2. The first-order valence-corrected chi connectivity index (χ1v) is 23.5. The number of carbonyl (C=O) groups excluding carboxylic acids is 1. The highest BCUT2D eigenvalue weighted by Crippen LogP contribution is 2.62. The van der Waals surface area contributed by atoms with Crippen LogP contribution in [0.3, 0.4) is 0 Å². The maximum Gasteiger partial charge on any atom is 0.239 e. The lowest BCUT2D eigenvalue weighted by molar-refractivity contribution is -0.255. The van der Waals surface area contributed by atoms with Gasteiger partial charge in [-0.15, -0.1) is 6.58 Å². The molecule has 2 N–H and O–H groups in total. The Bertz CT molecular complexity index is 1930. The van der Waals surface area contributed by atoms with Gasteiger partial charge in [-0.25, -0.2) is 0 Å². The second kappa shape index (κ2) is 23.3. The Kier molecular flexibility index (Phi) is 17.7. The molecule has 1 fully saturated rings. The fraction of sp³-hybridized carbons (Fsp3) is 0.577. The summed E-state index contributed by atoms with van der Waals surface area (Å²) in [6.45, 7) is 9.17. The number of ether oxygens (including phenoxy) is 3. The molecule has 2 aliphatic carbocycles. The summed E-state index contributed by atoms with van der Waals surface area (Å²) >= 11 is 0. The van der Waals surface area contributed by atoms with Gasteiger partial charge in [0.1, 0.15) is 29.9 Å². The van der Waals surface area contributed by atoms with E-state index in [2.05, 4.69) is 49.9 Å². The largest absolute Gasteiger partial charge is 0.459 e. The molecular formula is C52H72N2O7. The average Bonchev–Trinajstić information content (AvgIpc) is 3.28. The predicted molar refractivity (Wildman–Crippen MR) is 245 cm³/mol. The minimum atomic E-state index is -1.25. The third kappa shape index (κ3) is 11.3. The summed E-state index contributed by atoms with van der Waals surface area (Å²) in [5, 5.41) is 26.9. The normalized spacial score (nSPS) is 23.5. The monoisotopic (exact) mass is 837 g/mol. The molecule has 9 heteroatoms. The van der Waals surface area contributed by atoms with Gasteiger partial charge in [-0.3, -0.25) is 4.79 Å². The highest BCUT2D eigenvalue weighted by molar-refractivity contribution is 6.03. The van der Waals surface area contributed by atoms with Gasteiger partial charge in [-0.2, -0.15) is 0 Å². The summed E-state index contributed by atoms with van der Waals surface area (Å²) < 4.78 is 21.0. The molecule has 61 heavy (non-hydrogen) atoms. The molecule has 0 aromatic heterocycles. The summed E-state index contributed by atoms with van der Waals surface area (Å²) in [7, 11) is 1.90. The average molecular weight is 837 g/mol. The van der Waals surface area contributed by atoms with Gasteiger partial charge in [0, 0.05) is 44.6 Å². The van der Waals surface area contributed by atoms with E-state index in [9.17, 15) is 15.0 Å². The Morgan fingerprint density at radius 1 is 0.869 bits per heavy atom. The Morgan fingerprint density at radius 2 is 1.56 bits per heavy atom. The number of hydrogen-bond donors (Lipinski definition) is 2. The van der Waals surface area contributed by atoms with Gasteiger partial charge in [-0.05, 0) is 97.5 Å². The highest BCUT2D eigenvalue weighted by Gasteiger charge is 2.65. The lowest BCUT2D eigenvalue weighted by atomic mass is 9.55. The minimum absolute atomic E-state index is 0.0694. The topological polar surface area (TPSA) is 110 Å². The number of likely N-dealkylation sites (N-methyl/N-ethyl adjacent to an activating group) is 1. The van der Waals surface area contributed by atoms with Crippen molar-refractivity contribution >= 4 is 22.4 Å². The van der Waals surface area contributed by atoms with Crippen molar-refractivity contribution in [3.8, 4) is 17.2 Å². The van der Waals surface area contributed by atoms with Gasteiger partial charge < -0.3 is 34.2 Å². The number of unbranched alkanes of at least 4 members (excludes halogenated alkanes) is 10. The molecule has 1 aliphatic heterocycles. The number of carbonyl (C=O) groups is 1. The van der Waals surface area contributed by atoms with E-state index in [1.54, 1.807) is 6.08 Å². The quantitative estimate of drug-likeness (QED) is 0.0471. The summed E-state index contributed by atoms with van der Waals surface area (Å²) in [5.41, 5.74) is 2.89. The van der Waals surface area contributed by atoms with Gasteiger partial charge in [-0.1, -0.05) is 119 Å². The van der Waals surface area contributed by atoms with Gasteiger partial charge in [0.25, 0.3) is 0 Å². The van der Waals surface area contributed by atoms with Gasteiger partial charge in [0.05, 0.1) is 18.2 Å². The predicted octanol–water partition coefficient (Wildman–Crippen LogP) is 11.7. The molecule has 0 spiro atoms. The van der Waals surface area contributed by atoms with Crippen molar-refractivity contribution in [2.75, 3.05) is 33.5 Å². The Labute approximate surface area is 365 Å². The van der Waals surface area contributed by atoms with Crippen LogP contribution in [0, 0.1) is 17.8 Å². The summed E-state index contributed by atoms with van der Waals surface area (Å²) in [4.78, 5) is 22.1. The number of oxime groups is 1. The van der Waals surface area contributed by atoms with E-state index in [4.69, 9.17) is 24.2 Å². The number of aliphatic hydroxyl groups is 2. The van der Waals surface area contributed by atoms with Crippen LogP contribution >= 0.6 is 0 Å². The lowest BCUT2D eigenvalue weighted by Crippen LogP contribution is -2.69. The number of hydrogen-bond acceptors (Lipinski definition) is 8. The first kappa shape index (κ1) is 46.3. The van der Waals surface area contributed by atoms with Gasteiger partial charge in [0.2, 0.25) is 11.7 Å². The maximum absolute atomic E-state index is 14.3. The van der Waals surface area contributed by atoms with Crippen molar-refractivity contribution in [2.24, 2.45) is 22.9 Å². The first-order chi connectivity index (χ1) is 29.9. The molecule has 0 bridgehead atoms. The number of benzene rings is 3. The second-order valence-electron chi connectivity index (χ2n) is 17.4. The van der Waals surface area contributed by atoms with Crippen LogP contribution in [0.4, 0.5) is 0 Å². The van der Waals surface area contributed by atoms with Crippen molar-refractivity contribution < 1.29 is 34.1 Å². The molecule has 3 aliphatic rings. The Hall–Kier alpha value is -4.18. The van der Waals surface area contributed by atoms with E-state index in [0.29, 0.717) is 37.4 Å². The van der Waals surface area contributed by atoms with Crippen molar-refractivity contribution in [1.82, 2.24) is 4.90 Å². The van der Waals surface area contributed by atoms with Gasteiger partial charge in [0.15, 0.2) is 0 Å². The zero-order valence-corrected chi connectivity index (χ0v) is 37.2. The Balaban J connectivity index is 1.41. The highest BCUT2D eigenvalue weighted by atomic mass is 16.7. The van der Waals surface area contributed by atoms with Crippen molar-refractivity contribution in [3.05, 3.63) is 90.5 Å². The number of amides is 1. The molecule has 0 radical (unpaired) electrons. The fourth-order valence-electron chi connectivity index (χ4n) is 10.2. The van der Waals surface area contributed by atoms with Crippen LogP contribution in [0.5, 0.6) is 17.2 Å². The van der Waals surface area contributed by atoms with Crippen molar-refractivity contribution in [2.45, 2.75) is 141 Å². The fourth-order valence-corrected chi connectivity index (χ4v) is 10.2. The summed E-state index contributed by atoms with van der Waals surface area (Å²) in [6.07, 6.45) is 20.6. The van der Waals surface area contributed by atoms with E-state index in [0.717, 1.165) is 84.7 Å². The SMILES string of the molecule is C=CCO[C@@]12Oc3ccc(Oc4ccc5ccccc5c4)cc3[C@H]3[C@H](CCCCO)[C@@H](CCCCO)C=C(C(=NOCC)C[C@@H]1N(C)C(=O)CCCCCCCCCCC)[C@H]32.